The molecule has 25 heavy (non-hydrogen) atoms. The van der Waals surface area contributed by atoms with Crippen molar-refractivity contribution in [3.8, 4) is 0 Å². The van der Waals surface area contributed by atoms with Gasteiger partial charge in [-0.2, -0.15) is 0 Å². The van der Waals surface area contributed by atoms with E-state index in [0.717, 1.165) is 35.9 Å². The molecule has 4 rings (SSSR count). The molecule has 2 aliphatic rings. The summed E-state index contributed by atoms with van der Waals surface area (Å²) in [4.78, 5) is 19.6. The highest BCUT2D eigenvalue weighted by molar-refractivity contribution is 5.83. The highest BCUT2D eigenvalue weighted by Gasteiger charge is 2.47. The number of nitrogens with zero attached hydrogens (tertiary/aromatic N) is 2. The number of nitrogens with two attached hydrogens (primary N) is 1. The second-order valence-electron chi connectivity index (χ2n) is 7.73. The van der Waals surface area contributed by atoms with Crippen molar-refractivity contribution in [3.05, 3.63) is 42.1 Å². The topological polar surface area (TPSA) is 59.2 Å². The van der Waals surface area contributed by atoms with E-state index in [0.29, 0.717) is 19.0 Å². The molecule has 0 bridgehead atoms. The Morgan fingerprint density at radius 3 is 2.88 bits per heavy atom. The fraction of sp³-hybridized carbons (Fsp3) is 0.524. The SMILES string of the molecule is NCC1(C2CCCCN2C(=O)Cc2ccc3cccnc3c2)CCC1. The lowest BCUT2D eigenvalue weighted by atomic mass is 9.62. The number of benzene rings is 1. The molecule has 2 aromatic rings. The summed E-state index contributed by atoms with van der Waals surface area (Å²) >= 11 is 0. The molecule has 1 aliphatic heterocycles. The number of likely N-dealkylation sites (tertiary alicyclic amines) is 1. The van der Waals surface area contributed by atoms with Gasteiger partial charge in [0.1, 0.15) is 0 Å². The Labute approximate surface area is 149 Å². The number of pyridine rings is 1. The average Bonchev–Trinajstić information content (AvgIpc) is 2.61. The van der Waals surface area contributed by atoms with Gasteiger partial charge in [0, 0.05) is 29.6 Å². The third kappa shape index (κ3) is 3.04. The van der Waals surface area contributed by atoms with Crippen LogP contribution in [0.5, 0.6) is 0 Å². The first kappa shape index (κ1) is 16.5. The van der Waals surface area contributed by atoms with E-state index in [2.05, 4.69) is 28.1 Å². The molecule has 1 amide bonds. The van der Waals surface area contributed by atoms with E-state index in [1.54, 1.807) is 6.20 Å². The number of rotatable bonds is 4. The molecule has 1 aromatic heterocycles. The van der Waals surface area contributed by atoms with Crippen LogP contribution in [0, 0.1) is 5.41 Å². The van der Waals surface area contributed by atoms with E-state index >= 15 is 0 Å². The lowest BCUT2D eigenvalue weighted by Gasteiger charge is -2.53. The van der Waals surface area contributed by atoms with E-state index in [1.807, 2.05) is 12.1 Å². The molecule has 2 N–H and O–H groups in total. The summed E-state index contributed by atoms with van der Waals surface area (Å²) in [5, 5.41) is 1.12. The maximum absolute atomic E-state index is 13.1. The highest BCUT2D eigenvalue weighted by atomic mass is 16.2. The van der Waals surface area contributed by atoms with Crippen molar-refractivity contribution >= 4 is 16.8 Å². The van der Waals surface area contributed by atoms with Crippen LogP contribution in [0.15, 0.2) is 36.5 Å². The number of carbonyl (C=O) groups excluding carboxylic acids is 1. The number of aromatic nitrogens is 1. The first-order valence-corrected chi connectivity index (χ1v) is 9.55. The molecular weight excluding hydrogens is 310 g/mol. The normalized spacial score (nSPS) is 22.6. The minimum Gasteiger partial charge on any atom is -0.339 e. The second kappa shape index (κ2) is 6.75. The first-order valence-electron chi connectivity index (χ1n) is 9.55. The van der Waals surface area contributed by atoms with Crippen molar-refractivity contribution in [3.63, 3.8) is 0 Å². The van der Waals surface area contributed by atoms with Crippen LogP contribution >= 0.6 is 0 Å². The Balaban J connectivity index is 1.53. The number of piperidine rings is 1. The molecule has 1 atom stereocenters. The summed E-state index contributed by atoms with van der Waals surface area (Å²) in [5.74, 6) is 0.250. The van der Waals surface area contributed by atoms with Crippen LogP contribution in [0.1, 0.15) is 44.1 Å². The van der Waals surface area contributed by atoms with Crippen LogP contribution < -0.4 is 5.73 Å². The van der Waals surface area contributed by atoms with Crippen LogP contribution in [-0.2, 0) is 11.2 Å². The summed E-state index contributed by atoms with van der Waals surface area (Å²) in [6, 6.07) is 10.5. The van der Waals surface area contributed by atoms with Crippen molar-refractivity contribution in [2.45, 2.75) is 51.0 Å². The third-order valence-corrected chi connectivity index (χ3v) is 6.31. The van der Waals surface area contributed by atoms with Gasteiger partial charge in [-0.25, -0.2) is 0 Å². The molecule has 2 heterocycles. The Morgan fingerprint density at radius 1 is 1.24 bits per heavy atom. The zero-order valence-corrected chi connectivity index (χ0v) is 14.8. The summed E-state index contributed by atoms with van der Waals surface area (Å²) < 4.78 is 0. The quantitative estimate of drug-likeness (QED) is 0.931. The fourth-order valence-electron chi connectivity index (χ4n) is 4.67. The van der Waals surface area contributed by atoms with Crippen LogP contribution in [-0.4, -0.2) is 34.9 Å². The van der Waals surface area contributed by atoms with Gasteiger partial charge in [0.2, 0.25) is 5.91 Å². The minimum absolute atomic E-state index is 0.182. The van der Waals surface area contributed by atoms with Gasteiger partial charge in [0.05, 0.1) is 11.9 Å². The summed E-state index contributed by atoms with van der Waals surface area (Å²) in [6.07, 6.45) is 9.32. The maximum atomic E-state index is 13.1. The van der Waals surface area contributed by atoms with Crippen molar-refractivity contribution < 1.29 is 4.79 Å². The standard InChI is InChI=1S/C21H27N3O/c22-15-21(9-4-10-21)19-6-1-2-12-24(19)20(25)14-16-7-8-17-5-3-11-23-18(17)13-16/h3,5,7-8,11,13,19H,1-2,4,6,9-10,12,14-15,22H2. The number of amides is 1. The highest BCUT2D eigenvalue weighted by Crippen LogP contribution is 2.47. The minimum atomic E-state index is 0.182. The Bertz CT molecular complexity index is 763. The number of hydrogen-bond donors (Lipinski definition) is 1. The summed E-state index contributed by atoms with van der Waals surface area (Å²) in [5.41, 5.74) is 8.32. The van der Waals surface area contributed by atoms with Crippen molar-refractivity contribution in [2.24, 2.45) is 11.1 Å². The number of carbonyl (C=O) groups is 1. The van der Waals surface area contributed by atoms with Crippen molar-refractivity contribution in [2.75, 3.05) is 13.1 Å². The predicted molar refractivity (Wildman–Crippen MR) is 100 cm³/mol. The van der Waals surface area contributed by atoms with Crippen LogP contribution in [0.4, 0.5) is 0 Å². The molecule has 1 aromatic carbocycles. The molecule has 2 fully saturated rings. The van der Waals surface area contributed by atoms with Gasteiger partial charge in [-0.15, -0.1) is 0 Å². The van der Waals surface area contributed by atoms with Gasteiger partial charge in [0.15, 0.2) is 0 Å². The molecule has 4 nitrogen and oxygen atoms in total. The number of fused-ring (bicyclic) bond motifs is 1. The first-order chi connectivity index (χ1) is 12.2. The zero-order valence-electron chi connectivity index (χ0n) is 14.8. The second-order valence-corrected chi connectivity index (χ2v) is 7.73. The van der Waals surface area contributed by atoms with E-state index in [4.69, 9.17) is 5.73 Å². The van der Waals surface area contributed by atoms with Crippen LogP contribution in [0.3, 0.4) is 0 Å². The average molecular weight is 337 g/mol. The van der Waals surface area contributed by atoms with Gasteiger partial charge in [-0.05, 0) is 56.3 Å². The zero-order chi connectivity index (χ0) is 17.3. The molecule has 0 radical (unpaired) electrons. The number of hydrogen-bond acceptors (Lipinski definition) is 3. The van der Waals surface area contributed by atoms with E-state index in [9.17, 15) is 4.79 Å². The summed E-state index contributed by atoms with van der Waals surface area (Å²) in [7, 11) is 0. The summed E-state index contributed by atoms with van der Waals surface area (Å²) in [6.45, 7) is 1.60. The Kier molecular flexibility index (Phi) is 4.46. The molecule has 1 saturated carbocycles. The van der Waals surface area contributed by atoms with Gasteiger partial charge in [-0.3, -0.25) is 9.78 Å². The lowest BCUT2D eigenvalue weighted by Crippen LogP contribution is -2.58. The molecule has 4 heteroatoms. The van der Waals surface area contributed by atoms with Crippen LogP contribution in [0.25, 0.3) is 10.9 Å². The molecule has 132 valence electrons. The molecular formula is C21H27N3O. The fourth-order valence-corrected chi connectivity index (χ4v) is 4.67. The van der Waals surface area contributed by atoms with E-state index in [1.165, 1.54) is 25.7 Å². The van der Waals surface area contributed by atoms with Gasteiger partial charge in [0.25, 0.3) is 0 Å². The Hall–Kier alpha value is -1.94. The molecule has 1 saturated heterocycles. The van der Waals surface area contributed by atoms with Gasteiger partial charge >= 0.3 is 0 Å². The third-order valence-electron chi connectivity index (χ3n) is 6.31. The maximum Gasteiger partial charge on any atom is 0.227 e. The van der Waals surface area contributed by atoms with Gasteiger partial charge in [-0.1, -0.05) is 24.6 Å². The molecule has 1 unspecified atom stereocenters. The lowest BCUT2D eigenvalue weighted by molar-refractivity contribution is -0.140. The van der Waals surface area contributed by atoms with Crippen LogP contribution in [0.2, 0.25) is 0 Å². The predicted octanol–water partition coefficient (Wildman–Crippen LogP) is 3.29. The van der Waals surface area contributed by atoms with E-state index < -0.39 is 0 Å². The van der Waals surface area contributed by atoms with Gasteiger partial charge < -0.3 is 10.6 Å². The smallest absolute Gasteiger partial charge is 0.227 e. The molecule has 0 spiro atoms. The largest absolute Gasteiger partial charge is 0.339 e. The van der Waals surface area contributed by atoms with E-state index in [-0.39, 0.29) is 11.3 Å². The molecule has 1 aliphatic carbocycles. The monoisotopic (exact) mass is 337 g/mol. The Morgan fingerprint density at radius 2 is 2.12 bits per heavy atom. The van der Waals surface area contributed by atoms with Crippen molar-refractivity contribution in [1.82, 2.24) is 9.88 Å². The van der Waals surface area contributed by atoms with Crippen molar-refractivity contribution in [1.29, 1.82) is 0 Å².